The van der Waals surface area contributed by atoms with Crippen molar-refractivity contribution in [1.82, 2.24) is 19.6 Å². The van der Waals surface area contributed by atoms with E-state index in [0.717, 1.165) is 51.7 Å². The van der Waals surface area contributed by atoms with Crippen molar-refractivity contribution < 1.29 is 9.50 Å². The molecule has 0 amide bonds. The van der Waals surface area contributed by atoms with Crippen molar-refractivity contribution >= 4 is 16.7 Å². The van der Waals surface area contributed by atoms with Gasteiger partial charge in [0.2, 0.25) is 0 Å². The molecule has 41 heavy (non-hydrogen) atoms. The van der Waals surface area contributed by atoms with Crippen LogP contribution in [0, 0.1) is 17.7 Å². The number of benzene rings is 3. The molecule has 0 radical (unpaired) electrons. The number of fused-ring (bicyclic) bond motifs is 3. The Kier molecular flexibility index (Phi) is 5.36. The zero-order valence-electron chi connectivity index (χ0n) is 22.3. The highest BCUT2D eigenvalue weighted by molar-refractivity contribution is 5.91. The van der Waals surface area contributed by atoms with Crippen LogP contribution < -0.4 is 5.73 Å². The predicted octanol–water partition coefficient (Wildman–Crippen LogP) is 6.36. The van der Waals surface area contributed by atoms with Crippen molar-refractivity contribution in [3.63, 3.8) is 0 Å². The van der Waals surface area contributed by atoms with Crippen molar-refractivity contribution in [1.29, 1.82) is 0 Å². The summed E-state index contributed by atoms with van der Waals surface area (Å²) in [5.41, 5.74) is 14.2. The second-order valence-electron chi connectivity index (χ2n) is 11.5. The summed E-state index contributed by atoms with van der Waals surface area (Å²) in [4.78, 5) is 9.84. The van der Waals surface area contributed by atoms with Crippen molar-refractivity contribution in [2.24, 2.45) is 17.6 Å². The molecule has 3 atom stereocenters. The molecule has 2 fully saturated rings. The minimum atomic E-state index is -0.484. The third-order valence-electron chi connectivity index (χ3n) is 8.86. The van der Waals surface area contributed by atoms with E-state index in [1.54, 1.807) is 16.6 Å². The average molecular weight is 542 g/mol. The van der Waals surface area contributed by atoms with Crippen LogP contribution in [0.25, 0.3) is 50.3 Å². The molecule has 0 aliphatic heterocycles. The van der Waals surface area contributed by atoms with Gasteiger partial charge in [0.1, 0.15) is 5.82 Å². The fraction of sp³-hybridized carbons (Fsp3) is 0.206. The van der Waals surface area contributed by atoms with E-state index >= 15 is 0 Å². The Hall–Kier alpha value is -4.46. The summed E-state index contributed by atoms with van der Waals surface area (Å²) >= 11 is 0. The highest BCUT2D eigenvalue weighted by Gasteiger charge is 2.57. The number of aliphatic hydroxyl groups excluding tert-OH is 1. The van der Waals surface area contributed by atoms with Crippen LogP contribution in [0.3, 0.4) is 0 Å². The third kappa shape index (κ3) is 3.96. The second-order valence-corrected chi connectivity index (χ2v) is 11.5. The van der Waals surface area contributed by atoms with Crippen molar-refractivity contribution in [2.45, 2.75) is 30.9 Å². The number of rotatable bonds is 5. The molecule has 8 rings (SSSR count). The van der Waals surface area contributed by atoms with Gasteiger partial charge in [-0.15, -0.1) is 0 Å². The Bertz CT molecular complexity index is 1910. The summed E-state index contributed by atoms with van der Waals surface area (Å²) in [6.07, 6.45) is 4.41. The molecule has 7 heteroatoms. The van der Waals surface area contributed by atoms with Gasteiger partial charge in [0, 0.05) is 45.8 Å². The largest absolute Gasteiger partial charge is 0.393 e. The molecule has 2 saturated carbocycles. The van der Waals surface area contributed by atoms with Crippen LogP contribution in [0.4, 0.5) is 4.39 Å². The van der Waals surface area contributed by atoms with Gasteiger partial charge in [0.15, 0.2) is 11.3 Å². The number of hydrogen-bond donors (Lipinski definition) is 2. The first-order valence-corrected chi connectivity index (χ1v) is 14.1. The molecule has 0 bridgehead atoms. The normalized spacial score (nSPS) is 22.2. The van der Waals surface area contributed by atoms with Crippen molar-refractivity contribution in [3.8, 4) is 33.6 Å². The summed E-state index contributed by atoms with van der Waals surface area (Å²) in [7, 11) is 0. The lowest BCUT2D eigenvalue weighted by molar-refractivity contribution is -0.0679. The molecule has 3 heterocycles. The van der Waals surface area contributed by atoms with Crippen LogP contribution in [0.15, 0.2) is 97.2 Å². The number of aromatic nitrogens is 4. The van der Waals surface area contributed by atoms with E-state index in [1.807, 2.05) is 30.5 Å². The Morgan fingerprint density at radius 3 is 2.32 bits per heavy atom. The molecule has 202 valence electrons. The minimum Gasteiger partial charge on any atom is -0.393 e. The molecule has 1 unspecified atom stereocenters. The Balaban J connectivity index is 1.27. The molecule has 2 aliphatic rings. The van der Waals surface area contributed by atoms with E-state index in [1.165, 1.54) is 12.1 Å². The van der Waals surface area contributed by atoms with Crippen LogP contribution in [0.1, 0.15) is 24.8 Å². The molecule has 3 N–H and O–H groups in total. The number of pyridine rings is 1. The predicted molar refractivity (Wildman–Crippen MR) is 157 cm³/mol. The maximum Gasteiger partial charge on any atom is 0.165 e. The van der Waals surface area contributed by atoms with Gasteiger partial charge in [0.25, 0.3) is 0 Å². The Labute approximate surface area is 236 Å². The lowest BCUT2D eigenvalue weighted by atomic mass is 9.59. The monoisotopic (exact) mass is 541 g/mol. The molecule has 3 aromatic heterocycles. The molecular weight excluding hydrogens is 513 g/mol. The van der Waals surface area contributed by atoms with Gasteiger partial charge in [-0.25, -0.2) is 14.4 Å². The van der Waals surface area contributed by atoms with Gasteiger partial charge >= 0.3 is 0 Å². The smallest absolute Gasteiger partial charge is 0.165 e. The van der Waals surface area contributed by atoms with Gasteiger partial charge < -0.3 is 10.8 Å². The van der Waals surface area contributed by atoms with Crippen molar-refractivity contribution in [3.05, 3.63) is 109 Å². The van der Waals surface area contributed by atoms with Crippen LogP contribution in [0.5, 0.6) is 0 Å². The third-order valence-corrected chi connectivity index (χ3v) is 8.86. The highest BCUT2D eigenvalue weighted by Crippen LogP contribution is 2.55. The van der Waals surface area contributed by atoms with Gasteiger partial charge in [-0.3, -0.25) is 0 Å². The molecule has 0 spiro atoms. The molecule has 6 aromatic rings. The van der Waals surface area contributed by atoms with Gasteiger partial charge in [0.05, 0.1) is 17.5 Å². The van der Waals surface area contributed by atoms with E-state index in [-0.39, 0.29) is 17.8 Å². The molecular formula is C34H28FN5O. The lowest BCUT2D eigenvalue weighted by Gasteiger charge is -2.51. The topological polar surface area (TPSA) is 89.3 Å². The average Bonchev–Trinajstić information content (AvgIpc) is 3.71. The fourth-order valence-corrected chi connectivity index (χ4v) is 6.59. The second kappa shape index (κ2) is 9.03. The number of nitrogens with two attached hydrogens (primary N) is 1. The summed E-state index contributed by atoms with van der Waals surface area (Å²) in [6.45, 7) is 0. The van der Waals surface area contributed by atoms with Gasteiger partial charge in [-0.1, -0.05) is 54.6 Å². The standard InChI is InChI=1S/C34H28FN5O/c35-26-14-10-21(11-15-26)28-17-30-37-19-24-16-27(20-4-2-1-3-5-20)32(38-33(24)40(30)39-28)23-8-12-25(13-9-23)34(36)18-29(41)31(34)22-6-7-22/h1-5,8-17,19,22,29,31,41H,6-7,18,36H2/t29-,31+,34?/m1/s1. The minimum absolute atomic E-state index is 0.128. The number of nitrogens with zero attached hydrogens (tertiary/aromatic N) is 4. The molecule has 6 nitrogen and oxygen atoms in total. The number of halogens is 1. The van der Waals surface area contributed by atoms with Gasteiger partial charge in [-0.2, -0.15) is 9.61 Å². The maximum atomic E-state index is 13.5. The first-order valence-electron chi connectivity index (χ1n) is 14.1. The maximum absolute atomic E-state index is 13.5. The van der Waals surface area contributed by atoms with Crippen LogP contribution in [-0.2, 0) is 5.54 Å². The van der Waals surface area contributed by atoms with Gasteiger partial charge in [-0.05, 0) is 66.6 Å². The summed E-state index contributed by atoms with van der Waals surface area (Å²) in [5, 5.41) is 16.1. The Morgan fingerprint density at radius 1 is 0.878 bits per heavy atom. The van der Waals surface area contributed by atoms with E-state index in [0.29, 0.717) is 29.3 Å². The zero-order valence-corrected chi connectivity index (χ0v) is 22.3. The first-order chi connectivity index (χ1) is 20.0. The fourth-order valence-electron chi connectivity index (χ4n) is 6.59. The van der Waals surface area contributed by atoms with Crippen LogP contribution in [0.2, 0.25) is 0 Å². The SMILES string of the molecule is NC1(c2ccc(-c3nc4c(cnc5cc(-c6ccc(F)cc6)nn54)cc3-c3ccccc3)cc2)C[C@@H](O)[C@@H]1C1CC1. The highest BCUT2D eigenvalue weighted by atomic mass is 19.1. The number of aliphatic hydroxyl groups is 1. The van der Waals surface area contributed by atoms with E-state index in [4.69, 9.17) is 15.8 Å². The van der Waals surface area contributed by atoms with E-state index < -0.39 is 5.54 Å². The Morgan fingerprint density at radius 2 is 1.61 bits per heavy atom. The molecule has 2 aliphatic carbocycles. The van der Waals surface area contributed by atoms with E-state index in [9.17, 15) is 9.50 Å². The quantitative estimate of drug-likeness (QED) is 0.265. The molecule has 3 aromatic carbocycles. The van der Waals surface area contributed by atoms with Crippen LogP contribution >= 0.6 is 0 Å². The van der Waals surface area contributed by atoms with E-state index in [2.05, 4.69) is 47.4 Å². The van der Waals surface area contributed by atoms with Crippen LogP contribution in [-0.4, -0.2) is 30.8 Å². The first kappa shape index (κ1) is 24.3. The molecule has 0 saturated heterocycles. The summed E-state index contributed by atoms with van der Waals surface area (Å²) in [6, 6.07) is 28.9. The summed E-state index contributed by atoms with van der Waals surface area (Å²) < 4.78 is 15.3. The lowest BCUT2D eigenvalue weighted by Crippen LogP contribution is -2.61. The van der Waals surface area contributed by atoms with Crippen molar-refractivity contribution in [2.75, 3.05) is 0 Å². The number of hydrogen-bond acceptors (Lipinski definition) is 5. The summed E-state index contributed by atoms with van der Waals surface area (Å²) in [5.74, 6) is 0.368. The zero-order chi connectivity index (χ0) is 27.7.